The van der Waals surface area contributed by atoms with Gasteiger partial charge in [-0.05, 0) is 49.8 Å². The standard InChI is InChI=1S/C20H29N3O2/c24-20(14-19-5-2-12-25-19)21-17-3-1-4-18(13-17)23-10-8-22(9-11-23)15-16-6-7-16/h1,3-4,13,16,19H,2,5-12,14-15H2,(H,21,24)/t19-/m0/s1. The summed E-state index contributed by atoms with van der Waals surface area (Å²) in [6, 6.07) is 8.25. The Morgan fingerprint density at radius 2 is 2.00 bits per heavy atom. The minimum absolute atomic E-state index is 0.0540. The van der Waals surface area contributed by atoms with Gasteiger partial charge in [-0.25, -0.2) is 0 Å². The Balaban J connectivity index is 1.29. The molecule has 0 spiro atoms. The molecule has 0 aromatic heterocycles. The molecule has 1 aromatic carbocycles. The number of hydrogen-bond acceptors (Lipinski definition) is 4. The maximum Gasteiger partial charge on any atom is 0.226 e. The highest BCUT2D eigenvalue weighted by Crippen LogP contribution is 2.30. The third kappa shape index (κ3) is 4.73. The van der Waals surface area contributed by atoms with Crippen LogP contribution in [0.2, 0.25) is 0 Å². The number of nitrogens with one attached hydrogen (secondary N) is 1. The van der Waals surface area contributed by atoms with Crippen LogP contribution in [0.1, 0.15) is 32.1 Å². The number of hydrogen-bond donors (Lipinski definition) is 1. The Kier molecular flexibility index (Phi) is 5.22. The van der Waals surface area contributed by atoms with Crippen molar-refractivity contribution in [1.82, 2.24) is 4.90 Å². The monoisotopic (exact) mass is 343 g/mol. The third-order valence-corrected chi connectivity index (χ3v) is 5.52. The fraction of sp³-hybridized carbons (Fsp3) is 0.650. The molecule has 1 amide bonds. The summed E-state index contributed by atoms with van der Waals surface area (Å²) in [5, 5.41) is 3.04. The molecule has 1 saturated carbocycles. The highest BCUT2D eigenvalue weighted by atomic mass is 16.5. The first-order valence-corrected chi connectivity index (χ1v) is 9.75. The van der Waals surface area contributed by atoms with E-state index in [0.29, 0.717) is 6.42 Å². The van der Waals surface area contributed by atoms with Crippen LogP contribution < -0.4 is 10.2 Å². The molecule has 2 heterocycles. The summed E-state index contributed by atoms with van der Waals surface area (Å²) in [7, 11) is 0. The maximum atomic E-state index is 12.2. The van der Waals surface area contributed by atoms with Crippen molar-refractivity contribution in [3.05, 3.63) is 24.3 Å². The van der Waals surface area contributed by atoms with E-state index in [1.54, 1.807) is 0 Å². The van der Waals surface area contributed by atoms with Crippen LogP contribution >= 0.6 is 0 Å². The summed E-state index contributed by atoms with van der Waals surface area (Å²) in [5.41, 5.74) is 2.10. The SMILES string of the molecule is O=C(C[C@@H]1CCCO1)Nc1cccc(N2CCN(CC3CC3)CC2)c1. The molecule has 1 N–H and O–H groups in total. The van der Waals surface area contributed by atoms with Crippen LogP contribution in [0.4, 0.5) is 11.4 Å². The Labute approximate surface area is 150 Å². The lowest BCUT2D eigenvalue weighted by molar-refractivity contribution is -0.118. The molecule has 4 rings (SSSR count). The maximum absolute atomic E-state index is 12.2. The first-order chi connectivity index (χ1) is 12.3. The van der Waals surface area contributed by atoms with E-state index < -0.39 is 0 Å². The number of rotatable bonds is 6. The van der Waals surface area contributed by atoms with E-state index in [9.17, 15) is 4.79 Å². The number of carbonyl (C=O) groups is 1. The van der Waals surface area contributed by atoms with Gasteiger partial charge >= 0.3 is 0 Å². The minimum atomic E-state index is 0.0540. The van der Waals surface area contributed by atoms with Gasteiger partial charge in [0.1, 0.15) is 0 Å². The molecule has 3 aliphatic rings. The summed E-state index contributed by atoms with van der Waals surface area (Å²) in [6.07, 6.45) is 5.48. The van der Waals surface area contributed by atoms with Gasteiger partial charge in [0, 0.05) is 50.7 Å². The van der Waals surface area contributed by atoms with E-state index in [1.807, 2.05) is 12.1 Å². The zero-order valence-corrected chi connectivity index (χ0v) is 15.0. The van der Waals surface area contributed by atoms with Crippen LogP contribution in [0, 0.1) is 5.92 Å². The molecule has 1 atom stereocenters. The fourth-order valence-electron chi connectivity index (χ4n) is 3.86. The number of amides is 1. The Morgan fingerprint density at radius 3 is 2.72 bits per heavy atom. The van der Waals surface area contributed by atoms with E-state index in [0.717, 1.165) is 57.2 Å². The van der Waals surface area contributed by atoms with Gasteiger partial charge in [-0.2, -0.15) is 0 Å². The lowest BCUT2D eigenvalue weighted by atomic mass is 10.1. The average Bonchev–Trinajstić information content (AvgIpc) is 3.29. The second-order valence-electron chi connectivity index (χ2n) is 7.67. The highest BCUT2D eigenvalue weighted by molar-refractivity contribution is 5.91. The highest BCUT2D eigenvalue weighted by Gasteiger charge is 2.26. The molecule has 0 radical (unpaired) electrons. The molecule has 0 bridgehead atoms. The molecule has 5 nitrogen and oxygen atoms in total. The van der Waals surface area contributed by atoms with Gasteiger partial charge in [0.25, 0.3) is 0 Å². The quantitative estimate of drug-likeness (QED) is 0.863. The summed E-state index contributed by atoms with van der Waals surface area (Å²) in [6.45, 7) is 6.51. The van der Waals surface area contributed by atoms with Crippen molar-refractivity contribution < 1.29 is 9.53 Å². The topological polar surface area (TPSA) is 44.8 Å². The van der Waals surface area contributed by atoms with Crippen molar-refractivity contribution in [2.75, 3.05) is 49.5 Å². The predicted molar refractivity (Wildman–Crippen MR) is 100 cm³/mol. The van der Waals surface area contributed by atoms with Gasteiger partial charge in [0.15, 0.2) is 0 Å². The molecule has 2 saturated heterocycles. The van der Waals surface area contributed by atoms with Gasteiger partial charge in [-0.15, -0.1) is 0 Å². The van der Waals surface area contributed by atoms with Gasteiger partial charge in [-0.1, -0.05) is 6.07 Å². The number of anilines is 2. The van der Waals surface area contributed by atoms with Gasteiger partial charge in [0.2, 0.25) is 5.91 Å². The zero-order valence-electron chi connectivity index (χ0n) is 15.0. The van der Waals surface area contributed by atoms with Crippen LogP contribution in [0.15, 0.2) is 24.3 Å². The van der Waals surface area contributed by atoms with Crippen molar-refractivity contribution >= 4 is 17.3 Å². The molecule has 2 aliphatic heterocycles. The molecule has 25 heavy (non-hydrogen) atoms. The van der Waals surface area contributed by atoms with E-state index in [1.165, 1.54) is 25.1 Å². The predicted octanol–water partition coefficient (Wildman–Crippen LogP) is 2.73. The minimum Gasteiger partial charge on any atom is -0.378 e. The lowest BCUT2D eigenvalue weighted by Crippen LogP contribution is -2.47. The zero-order chi connectivity index (χ0) is 17.1. The fourth-order valence-corrected chi connectivity index (χ4v) is 3.86. The molecule has 1 aliphatic carbocycles. The summed E-state index contributed by atoms with van der Waals surface area (Å²) < 4.78 is 5.55. The third-order valence-electron chi connectivity index (χ3n) is 5.52. The number of benzene rings is 1. The van der Waals surface area contributed by atoms with Gasteiger partial charge in [0.05, 0.1) is 12.5 Å². The first-order valence-electron chi connectivity index (χ1n) is 9.75. The van der Waals surface area contributed by atoms with E-state index in [2.05, 4.69) is 27.2 Å². The van der Waals surface area contributed by atoms with Crippen LogP contribution in [0.25, 0.3) is 0 Å². The van der Waals surface area contributed by atoms with Crippen LogP contribution in [0.3, 0.4) is 0 Å². The Morgan fingerprint density at radius 1 is 1.16 bits per heavy atom. The number of nitrogens with zero attached hydrogens (tertiary/aromatic N) is 2. The number of ether oxygens (including phenoxy) is 1. The van der Waals surface area contributed by atoms with Crippen molar-refractivity contribution in [2.24, 2.45) is 5.92 Å². The van der Waals surface area contributed by atoms with Crippen molar-refractivity contribution in [2.45, 2.75) is 38.2 Å². The summed E-state index contributed by atoms with van der Waals surface area (Å²) in [5.74, 6) is 1.02. The van der Waals surface area contributed by atoms with Crippen LogP contribution in [-0.4, -0.2) is 56.2 Å². The molecular weight excluding hydrogens is 314 g/mol. The van der Waals surface area contributed by atoms with E-state index in [4.69, 9.17) is 4.74 Å². The average molecular weight is 343 g/mol. The second-order valence-corrected chi connectivity index (χ2v) is 7.67. The Bertz CT molecular complexity index is 588. The number of piperazine rings is 1. The van der Waals surface area contributed by atoms with Crippen molar-refractivity contribution in [3.63, 3.8) is 0 Å². The second kappa shape index (κ2) is 7.75. The lowest BCUT2D eigenvalue weighted by Gasteiger charge is -2.36. The van der Waals surface area contributed by atoms with E-state index in [-0.39, 0.29) is 12.0 Å². The smallest absolute Gasteiger partial charge is 0.226 e. The normalized spacial score (nSPS) is 24.5. The molecular formula is C20H29N3O2. The van der Waals surface area contributed by atoms with Crippen LogP contribution in [-0.2, 0) is 9.53 Å². The summed E-state index contributed by atoms with van der Waals surface area (Å²) >= 11 is 0. The molecule has 136 valence electrons. The molecule has 0 unspecified atom stereocenters. The molecule has 1 aromatic rings. The first kappa shape index (κ1) is 16.9. The van der Waals surface area contributed by atoms with Gasteiger partial charge in [-0.3, -0.25) is 9.69 Å². The largest absolute Gasteiger partial charge is 0.378 e. The molecule has 5 heteroatoms. The van der Waals surface area contributed by atoms with Crippen LogP contribution in [0.5, 0.6) is 0 Å². The van der Waals surface area contributed by atoms with Gasteiger partial charge < -0.3 is 15.0 Å². The van der Waals surface area contributed by atoms with Crippen molar-refractivity contribution in [1.29, 1.82) is 0 Å². The molecule has 3 fully saturated rings. The number of carbonyl (C=O) groups excluding carboxylic acids is 1. The van der Waals surface area contributed by atoms with Crippen molar-refractivity contribution in [3.8, 4) is 0 Å². The summed E-state index contributed by atoms with van der Waals surface area (Å²) in [4.78, 5) is 17.2. The Hall–Kier alpha value is -1.59. The van der Waals surface area contributed by atoms with E-state index >= 15 is 0 Å².